The lowest BCUT2D eigenvalue weighted by molar-refractivity contribution is 0.194. The molecule has 4 heteroatoms. The molecule has 0 fully saturated rings. The molecule has 0 aromatic carbocycles. The molecular formula is C10H19N3O. The summed E-state index contributed by atoms with van der Waals surface area (Å²) in [6, 6.07) is 0.324. The molecule has 80 valence electrons. The Morgan fingerprint density at radius 3 is 3.07 bits per heavy atom. The van der Waals surface area contributed by atoms with Crippen molar-refractivity contribution in [2.45, 2.75) is 25.8 Å². The third-order valence-electron chi connectivity index (χ3n) is 2.12. The maximum Gasteiger partial charge on any atom is 0.123 e. The Morgan fingerprint density at radius 2 is 2.50 bits per heavy atom. The lowest BCUT2D eigenvalue weighted by Gasteiger charge is -2.15. The van der Waals surface area contributed by atoms with Crippen molar-refractivity contribution >= 4 is 0 Å². The maximum atomic E-state index is 4.99. The highest BCUT2D eigenvalue weighted by molar-refractivity contribution is 4.95. The summed E-state index contributed by atoms with van der Waals surface area (Å²) in [5.74, 6) is 1.02. The number of nitrogens with one attached hydrogen (secondary N) is 2. The van der Waals surface area contributed by atoms with Crippen molar-refractivity contribution in [3.05, 3.63) is 18.2 Å². The fraction of sp³-hybridized carbons (Fsp3) is 0.700. The number of imidazole rings is 1. The number of hydrogen-bond acceptors (Lipinski definition) is 3. The Bertz CT molecular complexity index is 223. The fourth-order valence-electron chi connectivity index (χ4n) is 1.43. The summed E-state index contributed by atoms with van der Waals surface area (Å²) in [4.78, 5) is 7.39. The zero-order valence-electron chi connectivity index (χ0n) is 8.92. The second-order valence-corrected chi connectivity index (χ2v) is 3.26. The van der Waals surface area contributed by atoms with Crippen molar-refractivity contribution in [1.82, 2.24) is 15.3 Å². The van der Waals surface area contributed by atoms with Crippen LogP contribution in [0.1, 0.15) is 31.6 Å². The summed E-state index contributed by atoms with van der Waals surface area (Å²) in [5.41, 5.74) is 0. The number of nitrogens with zero attached hydrogens (tertiary/aromatic N) is 1. The average Bonchev–Trinajstić information content (AvgIpc) is 2.70. The standard InChI is InChI=1S/C10H19N3O/c1-3-4-9(11-7-8-14-2)10-12-5-6-13-10/h5-6,9,11H,3-4,7-8H2,1-2H3,(H,12,13). The van der Waals surface area contributed by atoms with Crippen molar-refractivity contribution in [2.75, 3.05) is 20.3 Å². The van der Waals surface area contributed by atoms with Crippen molar-refractivity contribution in [2.24, 2.45) is 0 Å². The second-order valence-electron chi connectivity index (χ2n) is 3.26. The molecule has 1 aromatic rings. The Balaban J connectivity index is 2.39. The van der Waals surface area contributed by atoms with E-state index < -0.39 is 0 Å². The predicted octanol–water partition coefficient (Wildman–Crippen LogP) is 1.49. The number of aromatic amines is 1. The van der Waals surface area contributed by atoms with E-state index in [0.717, 1.165) is 31.8 Å². The van der Waals surface area contributed by atoms with E-state index in [4.69, 9.17) is 4.74 Å². The van der Waals surface area contributed by atoms with Crippen molar-refractivity contribution in [3.63, 3.8) is 0 Å². The molecule has 0 spiro atoms. The van der Waals surface area contributed by atoms with Crippen molar-refractivity contribution < 1.29 is 4.74 Å². The largest absolute Gasteiger partial charge is 0.383 e. The summed E-state index contributed by atoms with van der Waals surface area (Å²) < 4.78 is 4.99. The molecule has 1 aromatic heterocycles. The maximum absolute atomic E-state index is 4.99. The van der Waals surface area contributed by atoms with Gasteiger partial charge in [0, 0.05) is 26.0 Å². The Kier molecular flexibility index (Phi) is 5.25. The van der Waals surface area contributed by atoms with E-state index >= 15 is 0 Å². The quantitative estimate of drug-likeness (QED) is 0.651. The van der Waals surface area contributed by atoms with E-state index in [9.17, 15) is 0 Å². The molecule has 1 heterocycles. The van der Waals surface area contributed by atoms with Gasteiger partial charge in [0.25, 0.3) is 0 Å². The summed E-state index contributed by atoms with van der Waals surface area (Å²) in [7, 11) is 1.71. The van der Waals surface area contributed by atoms with Gasteiger partial charge >= 0.3 is 0 Å². The molecule has 0 bridgehead atoms. The zero-order valence-corrected chi connectivity index (χ0v) is 8.92. The van der Waals surface area contributed by atoms with Crippen LogP contribution in [-0.2, 0) is 4.74 Å². The summed E-state index contributed by atoms with van der Waals surface area (Å²) in [6.45, 7) is 3.77. The van der Waals surface area contributed by atoms with Crippen LogP contribution < -0.4 is 5.32 Å². The molecular weight excluding hydrogens is 178 g/mol. The van der Waals surface area contributed by atoms with Crippen LogP contribution in [0.25, 0.3) is 0 Å². The SMILES string of the molecule is CCCC(NCCOC)c1ncc[nH]1. The fourth-order valence-corrected chi connectivity index (χ4v) is 1.43. The molecule has 4 nitrogen and oxygen atoms in total. The molecule has 1 atom stereocenters. The number of methoxy groups -OCH3 is 1. The first-order valence-corrected chi connectivity index (χ1v) is 5.10. The summed E-state index contributed by atoms with van der Waals surface area (Å²) >= 11 is 0. The van der Waals surface area contributed by atoms with Gasteiger partial charge in [-0.25, -0.2) is 4.98 Å². The smallest absolute Gasteiger partial charge is 0.123 e. The number of hydrogen-bond donors (Lipinski definition) is 2. The zero-order chi connectivity index (χ0) is 10.2. The third kappa shape index (κ3) is 3.47. The van der Waals surface area contributed by atoms with E-state index in [2.05, 4.69) is 22.2 Å². The molecule has 1 unspecified atom stereocenters. The van der Waals surface area contributed by atoms with Crippen molar-refractivity contribution in [3.8, 4) is 0 Å². The molecule has 0 radical (unpaired) electrons. The van der Waals surface area contributed by atoms with Crippen LogP contribution in [-0.4, -0.2) is 30.2 Å². The van der Waals surface area contributed by atoms with Gasteiger partial charge in [0.05, 0.1) is 12.6 Å². The Morgan fingerprint density at radius 1 is 1.64 bits per heavy atom. The Hall–Kier alpha value is -0.870. The molecule has 0 aliphatic heterocycles. The normalized spacial score (nSPS) is 13.0. The van der Waals surface area contributed by atoms with Crippen LogP contribution in [0.3, 0.4) is 0 Å². The van der Waals surface area contributed by atoms with Gasteiger partial charge in [-0.05, 0) is 6.42 Å². The lowest BCUT2D eigenvalue weighted by Crippen LogP contribution is -2.25. The van der Waals surface area contributed by atoms with E-state index in [1.807, 2.05) is 6.20 Å². The van der Waals surface area contributed by atoms with Gasteiger partial charge in [-0.1, -0.05) is 13.3 Å². The van der Waals surface area contributed by atoms with Crippen LogP contribution in [0.4, 0.5) is 0 Å². The van der Waals surface area contributed by atoms with Gasteiger partial charge in [-0.15, -0.1) is 0 Å². The molecule has 1 rings (SSSR count). The van der Waals surface area contributed by atoms with E-state index in [1.54, 1.807) is 13.3 Å². The van der Waals surface area contributed by atoms with Crippen LogP contribution >= 0.6 is 0 Å². The van der Waals surface area contributed by atoms with Crippen LogP contribution in [0.2, 0.25) is 0 Å². The first-order chi connectivity index (χ1) is 6.88. The number of rotatable bonds is 7. The van der Waals surface area contributed by atoms with Gasteiger partial charge in [0.2, 0.25) is 0 Å². The van der Waals surface area contributed by atoms with E-state index in [0.29, 0.717) is 6.04 Å². The van der Waals surface area contributed by atoms with Gasteiger partial charge < -0.3 is 15.0 Å². The Labute approximate surface area is 85.1 Å². The monoisotopic (exact) mass is 197 g/mol. The minimum absolute atomic E-state index is 0.324. The first kappa shape index (κ1) is 11.2. The predicted molar refractivity (Wildman–Crippen MR) is 56.1 cm³/mol. The van der Waals surface area contributed by atoms with E-state index in [1.165, 1.54) is 0 Å². The van der Waals surface area contributed by atoms with Crippen LogP contribution in [0, 0.1) is 0 Å². The van der Waals surface area contributed by atoms with Gasteiger partial charge in [0.15, 0.2) is 0 Å². The lowest BCUT2D eigenvalue weighted by atomic mass is 10.1. The van der Waals surface area contributed by atoms with Crippen LogP contribution in [0.15, 0.2) is 12.4 Å². The topological polar surface area (TPSA) is 49.9 Å². The highest BCUT2D eigenvalue weighted by Crippen LogP contribution is 2.13. The number of aromatic nitrogens is 2. The molecule has 0 amide bonds. The van der Waals surface area contributed by atoms with Gasteiger partial charge in [0.1, 0.15) is 5.82 Å². The molecule has 14 heavy (non-hydrogen) atoms. The molecule has 0 aliphatic carbocycles. The van der Waals surface area contributed by atoms with Gasteiger partial charge in [-0.2, -0.15) is 0 Å². The third-order valence-corrected chi connectivity index (χ3v) is 2.12. The number of ether oxygens (including phenoxy) is 1. The second kappa shape index (κ2) is 6.56. The van der Waals surface area contributed by atoms with E-state index in [-0.39, 0.29) is 0 Å². The van der Waals surface area contributed by atoms with Crippen LogP contribution in [0.5, 0.6) is 0 Å². The minimum Gasteiger partial charge on any atom is -0.383 e. The first-order valence-electron chi connectivity index (χ1n) is 5.10. The highest BCUT2D eigenvalue weighted by Gasteiger charge is 2.11. The van der Waals surface area contributed by atoms with Gasteiger partial charge in [-0.3, -0.25) is 0 Å². The van der Waals surface area contributed by atoms with Crippen molar-refractivity contribution in [1.29, 1.82) is 0 Å². The molecule has 0 saturated carbocycles. The molecule has 0 aliphatic rings. The molecule has 2 N–H and O–H groups in total. The highest BCUT2D eigenvalue weighted by atomic mass is 16.5. The summed E-state index contributed by atoms with van der Waals surface area (Å²) in [6.07, 6.45) is 5.88. The number of H-pyrrole nitrogens is 1. The summed E-state index contributed by atoms with van der Waals surface area (Å²) in [5, 5.41) is 3.41. The average molecular weight is 197 g/mol. The minimum atomic E-state index is 0.324. The molecule has 0 saturated heterocycles.